The number of nitrogens with zero attached hydrogens (tertiary/aromatic N) is 3. The Hall–Kier alpha value is -3.38. The van der Waals surface area contributed by atoms with Crippen molar-refractivity contribution >= 4 is 28.3 Å². The fourth-order valence-electron chi connectivity index (χ4n) is 5.14. The van der Waals surface area contributed by atoms with E-state index >= 15 is 0 Å². The number of aromatic nitrogens is 1. The van der Waals surface area contributed by atoms with E-state index in [0.29, 0.717) is 37.3 Å². The second-order valence-electron chi connectivity index (χ2n) is 9.05. The summed E-state index contributed by atoms with van der Waals surface area (Å²) in [6, 6.07) is 17.7. The van der Waals surface area contributed by atoms with E-state index in [1.54, 1.807) is 0 Å². The van der Waals surface area contributed by atoms with E-state index in [0.717, 1.165) is 22.0 Å². The number of ether oxygens (including phenoxy) is 1. The molecule has 1 fully saturated rings. The molecule has 1 aromatic heterocycles. The maximum Gasteiger partial charge on any atom is 0.277 e. The Morgan fingerprint density at radius 2 is 1.58 bits per heavy atom. The number of para-hydroxylation sites is 1. The number of carbonyl (C=O) groups is 2. The molecular weight excluding hydrogens is 414 g/mol. The van der Waals surface area contributed by atoms with Crippen LogP contribution in [-0.2, 0) is 27.8 Å². The van der Waals surface area contributed by atoms with E-state index in [-0.39, 0.29) is 24.0 Å². The number of benzene rings is 2. The van der Waals surface area contributed by atoms with Gasteiger partial charge < -0.3 is 14.2 Å². The number of morpholine rings is 1. The van der Waals surface area contributed by atoms with Gasteiger partial charge in [-0.2, -0.15) is 0 Å². The van der Waals surface area contributed by atoms with Crippen LogP contribution >= 0.6 is 0 Å². The van der Waals surface area contributed by atoms with Crippen molar-refractivity contribution in [1.29, 1.82) is 0 Å². The van der Waals surface area contributed by atoms with Crippen molar-refractivity contribution < 1.29 is 14.3 Å². The van der Waals surface area contributed by atoms with Crippen molar-refractivity contribution in [3.63, 3.8) is 0 Å². The van der Waals surface area contributed by atoms with Crippen LogP contribution in [0.1, 0.15) is 25.0 Å². The topological polar surface area (TPSA) is 54.8 Å². The highest BCUT2D eigenvalue weighted by Crippen LogP contribution is 2.33. The van der Waals surface area contributed by atoms with Crippen molar-refractivity contribution in [3.05, 3.63) is 77.6 Å². The Morgan fingerprint density at radius 1 is 0.909 bits per heavy atom. The first kappa shape index (κ1) is 21.5. The molecule has 6 nitrogen and oxygen atoms in total. The number of fused-ring (bicyclic) bond motifs is 1. The number of rotatable bonds is 5. The zero-order valence-electron chi connectivity index (χ0n) is 19.3. The Kier molecular flexibility index (Phi) is 5.54. The van der Waals surface area contributed by atoms with Gasteiger partial charge in [0.25, 0.3) is 11.8 Å². The average molecular weight is 444 g/mol. The second kappa shape index (κ2) is 8.52. The van der Waals surface area contributed by atoms with Gasteiger partial charge in [-0.05, 0) is 37.5 Å². The lowest BCUT2D eigenvalue weighted by Gasteiger charge is -2.37. The van der Waals surface area contributed by atoms with Crippen LogP contribution in [0.2, 0.25) is 0 Å². The van der Waals surface area contributed by atoms with Crippen molar-refractivity contribution in [2.24, 2.45) is 7.05 Å². The maximum absolute atomic E-state index is 13.7. The van der Waals surface area contributed by atoms with Crippen LogP contribution in [0.5, 0.6) is 0 Å². The summed E-state index contributed by atoms with van der Waals surface area (Å²) in [6.07, 6.45) is 2.69. The molecule has 2 aliphatic rings. The minimum absolute atomic E-state index is 0.00842. The van der Waals surface area contributed by atoms with Gasteiger partial charge in [0, 0.05) is 43.8 Å². The van der Waals surface area contributed by atoms with E-state index in [9.17, 15) is 9.59 Å². The Balaban J connectivity index is 1.47. The Bertz CT molecular complexity index is 1230. The normalized spacial score (nSPS) is 21.5. The lowest BCUT2D eigenvalue weighted by molar-refractivity contribution is -0.138. The summed E-state index contributed by atoms with van der Waals surface area (Å²) in [5.74, 6) is -0.423. The number of hydrogen-bond acceptors (Lipinski definition) is 4. The van der Waals surface area contributed by atoms with Gasteiger partial charge in [0.2, 0.25) is 0 Å². The summed E-state index contributed by atoms with van der Waals surface area (Å²) in [7, 11) is 2.02. The van der Waals surface area contributed by atoms with Gasteiger partial charge in [0.15, 0.2) is 0 Å². The zero-order chi connectivity index (χ0) is 23.1. The SMILES string of the molecule is CC1CN(C2=C(c3ccccc3)C(=O)N(CCc3cn(C)c4ccccc34)C2=O)CC(C)O1. The van der Waals surface area contributed by atoms with Gasteiger partial charge in [-0.1, -0.05) is 48.5 Å². The van der Waals surface area contributed by atoms with E-state index in [1.165, 1.54) is 4.90 Å². The summed E-state index contributed by atoms with van der Waals surface area (Å²) >= 11 is 0. The minimum Gasteiger partial charge on any atom is -0.372 e. The summed E-state index contributed by atoms with van der Waals surface area (Å²) in [5.41, 5.74) is 4.07. The highest BCUT2D eigenvalue weighted by molar-refractivity contribution is 6.35. The molecule has 0 bridgehead atoms. The molecule has 5 rings (SSSR count). The largest absolute Gasteiger partial charge is 0.372 e. The van der Waals surface area contributed by atoms with Gasteiger partial charge in [-0.3, -0.25) is 14.5 Å². The quantitative estimate of drug-likeness (QED) is 0.566. The molecule has 6 heteroatoms. The molecule has 0 radical (unpaired) electrons. The predicted octanol–water partition coefficient (Wildman–Crippen LogP) is 3.61. The minimum atomic E-state index is -0.215. The van der Waals surface area contributed by atoms with Crippen molar-refractivity contribution in [1.82, 2.24) is 14.4 Å². The lowest BCUT2D eigenvalue weighted by Crippen LogP contribution is -2.47. The van der Waals surface area contributed by atoms with Crippen LogP contribution in [0.25, 0.3) is 16.5 Å². The molecule has 2 aliphatic heterocycles. The van der Waals surface area contributed by atoms with Crippen LogP contribution in [0, 0.1) is 0 Å². The number of carbonyl (C=O) groups excluding carboxylic acids is 2. The third kappa shape index (κ3) is 3.85. The molecule has 2 aromatic carbocycles. The van der Waals surface area contributed by atoms with E-state index in [1.807, 2.05) is 68.3 Å². The molecule has 1 saturated heterocycles. The van der Waals surface area contributed by atoms with E-state index < -0.39 is 0 Å². The van der Waals surface area contributed by atoms with Gasteiger partial charge >= 0.3 is 0 Å². The van der Waals surface area contributed by atoms with E-state index in [2.05, 4.69) is 22.9 Å². The molecule has 3 heterocycles. The third-order valence-corrected chi connectivity index (χ3v) is 6.53. The highest BCUT2D eigenvalue weighted by Gasteiger charge is 2.42. The number of imide groups is 1. The molecule has 0 spiro atoms. The molecule has 0 N–H and O–H groups in total. The molecular formula is C27H29N3O3. The summed E-state index contributed by atoms with van der Waals surface area (Å²) in [4.78, 5) is 30.7. The Labute approximate surface area is 194 Å². The molecule has 0 saturated carbocycles. The highest BCUT2D eigenvalue weighted by atomic mass is 16.5. The average Bonchev–Trinajstić information content (AvgIpc) is 3.25. The fourth-order valence-corrected chi connectivity index (χ4v) is 5.14. The first-order chi connectivity index (χ1) is 15.9. The number of aryl methyl sites for hydroxylation is 1. The molecule has 3 aromatic rings. The number of amides is 2. The molecule has 0 aliphatic carbocycles. The van der Waals surface area contributed by atoms with Gasteiger partial charge in [0.05, 0.1) is 17.8 Å². The predicted molar refractivity (Wildman–Crippen MR) is 128 cm³/mol. The standard InChI is InChI=1S/C27H29N3O3/c1-18-15-29(16-19(2)33-18)25-24(20-9-5-4-6-10-20)26(31)30(27(25)32)14-13-21-17-28(3)23-12-8-7-11-22(21)23/h4-12,17-19H,13-16H2,1-3H3. The van der Waals surface area contributed by atoms with Gasteiger partial charge in [-0.15, -0.1) is 0 Å². The molecule has 2 unspecified atom stereocenters. The lowest BCUT2D eigenvalue weighted by atomic mass is 10.0. The van der Waals surface area contributed by atoms with Crippen LogP contribution < -0.4 is 0 Å². The second-order valence-corrected chi connectivity index (χ2v) is 9.05. The maximum atomic E-state index is 13.7. The summed E-state index contributed by atoms with van der Waals surface area (Å²) in [5, 5.41) is 1.16. The third-order valence-electron chi connectivity index (χ3n) is 6.53. The van der Waals surface area contributed by atoms with Crippen LogP contribution in [-0.4, -0.2) is 58.0 Å². The first-order valence-electron chi connectivity index (χ1n) is 11.5. The van der Waals surface area contributed by atoms with Crippen molar-refractivity contribution in [2.75, 3.05) is 19.6 Å². The summed E-state index contributed by atoms with van der Waals surface area (Å²) < 4.78 is 7.97. The molecule has 33 heavy (non-hydrogen) atoms. The molecule has 170 valence electrons. The van der Waals surface area contributed by atoms with Crippen molar-refractivity contribution in [3.8, 4) is 0 Å². The van der Waals surface area contributed by atoms with Crippen LogP contribution in [0.4, 0.5) is 0 Å². The van der Waals surface area contributed by atoms with E-state index in [4.69, 9.17) is 4.74 Å². The van der Waals surface area contributed by atoms with Gasteiger partial charge in [0.1, 0.15) is 5.70 Å². The first-order valence-corrected chi connectivity index (χ1v) is 11.5. The Morgan fingerprint density at radius 3 is 2.30 bits per heavy atom. The summed E-state index contributed by atoms with van der Waals surface area (Å²) in [6.45, 7) is 5.54. The van der Waals surface area contributed by atoms with Crippen molar-refractivity contribution in [2.45, 2.75) is 32.5 Å². The van der Waals surface area contributed by atoms with Crippen LogP contribution in [0.3, 0.4) is 0 Å². The van der Waals surface area contributed by atoms with Gasteiger partial charge in [-0.25, -0.2) is 0 Å². The van der Waals surface area contributed by atoms with Crippen LogP contribution in [0.15, 0.2) is 66.5 Å². The monoisotopic (exact) mass is 443 g/mol. The smallest absolute Gasteiger partial charge is 0.277 e. The molecule has 2 amide bonds. The fraction of sp³-hybridized carbons (Fsp3) is 0.333. The molecule has 2 atom stereocenters. The number of hydrogen-bond donors (Lipinski definition) is 0. The zero-order valence-corrected chi connectivity index (χ0v) is 19.3.